The highest BCUT2D eigenvalue weighted by Crippen LogP contribution is 2.38. The van der Waals surface area contributed by atoms with Gasteiger partial charge in [-0.25, -0.2) is 8.42 Å². The summed E-state index contributed by atoms with van der Waals surface area (Å²) >= 11 is 5.86. The predicted molar refractivity (Wildman–Crippen MR) is 107 cm³/mol. The van der Waals surface area contributed by atoms with Gasteiger partial charge in [0.1, 0.15) is 11.5 Å². The van der Waals surface area contributed by atoms with Crippen LogP contribution >= 0.6 is 11.6 Å². The number of rotatable bonds is 7. The molecule has 1 aliphatic rings. The van der Waals surface area contributed by atoms with Gasteiger partial charge in [-0.3, -0.25) is 4.90 Å². The number of hydrogen-bond donors (Lipinski definition) is 0. The van der Waals surface area contributed by atoms with Crippen LogP contribution in [0.2, 0.25) is 5.02 Å². The average Bonchev–Trinajstić information content (AvgIpc) is 3.14. The quantitative estimate of drug-likeness (QED) is 0.692. The fourth-order valence-electron chi connectivity index (χ4n) is 3.54. The highest BCUT2D eigenvalue weighted by atomic mass is 35.5. The first kappa shape index (κ1) is 20.0. The molecule has 27 heavy (non-hydrogen) atoms. The van der Waals surface area contributed by atoms with Gasteiger partial charge in [0.05, 0.1) is 24.9 Å². The van der Waals surface area contributed by atoms with Crippen LogP contribution in [0.4, 0.5) is 0 Å². The monoisotopic (exact) mass is 409 g/mol. The van der Waals surface area contributed by atoms with Crippen molar-refractivity contribution in [2.75, 3.05) is 33.1 Å². The zero-order valence-electron chi connectivity index (χ0n) is 15.5. The minimum Gasteiger partial charge on any atom is -0.497 e. The Bertz CT molecular complexity index is 883. The maximum atomic E-state index is 12.6. The molecular weight excluding hydrogens is 386 g/mol. The number of methoxy groups -OCH3 is 2. The lowest BCUT2D eigenvalue weighted by molar-refractivity contribution is 0.265. The van der Waals surface area contributed by atoms with Crippen molar-refractivity contribution in [2.45, 2.75) is 23.8 Å². The van der Waals surface area contributed by atoms with Crippen molar-refractivity contribution in [3.05, 3.63) is 53.1 Å². The van der Waals surface area contributed by atoms with Crippen molar-refractivity contribution in [3.63, 3.8) is 0 Å². The first-order chi connectivity index (χ1) is 12.9. The molecule has 0 unspecified atom stereocenters. The Morgan fingerprint density at radius 1 is 1.11 bits per heavy atom. The number of ether oxygens (including phenoxy) is 2. The molecule has 0 N–H and O–H groups in total. The highest BCUT2D eigenvalue weighted by Gasteiger charge is 2.29. The molecule has 7 heteroatoms. The van der Waals surface area contributed by atoms with Crippen LogP contribution in [0, 0.1) is 0 Å². The zero-order chi connectivity index (χ0) is 19.4. The molecule has 0 amide bonds. The van der Waals surface area contributed by atoms with Crippen LogP contribution in [0.15, 0.2) is 47.4 Å². The summed E-state index contributed by atoms with van der Waals surface area (Å²) in [7, 11) is -0.0837. The van der Waals surface area contributed by atoms with Crippen molar-refractivity contribution in [2.24, 2.45) is 0 Å². The van der Waals surface area contributed by atoms with Crippen LogP contribution in [0.1, 0.15) is 24.4 Å². The molecule has 146 valence electrons. The second-order valence-electron chi connectivity index (χ2n) is 6.57. The van der Waals surface area contributed by atoms with Crippen molar-refractivity contribution < 1.29 is 17.9 Å². The zero-order valence-corrected chi connectivity index (χ0v) is 17.1. The smallest absolute Gasteiger partial charge is 0.179 e. The van der Waals surface area contributed by atoms with Crippen LogP contribution in [-0.4, -0.2) is 46.4 Å². The molecule has 1 saturated heterocycles. The van der Waals surface area contributed by atoms with Crippen LogP contribution < -0.4 is 9.47 Å². The van der Waals surface area contributed by atoms with E-state index in [-0.39, 0.29) is 11.8 Å². The fourth-order valence-corrected chi connectivity index (χ4v) is 4.92. The van der Waals surface area contributed by atoms with Crippen molar-refractivity contribution >= 4 is 21.4 Å². The van der Waals surface area contributed by atoms with Gasteiger partial charge in [-0.2, -0.15) is 0 Å². The van der Waals surface area contributed by atoms with Gasteiger partial charge in [-0.15, -0.1) is 0 Å². The molecule has 3 rings (SSSR count). The lowest BCUT2D eigenvalue weighted by Crippen LogP contribution is -2.29. The molecule has 0 aliphatic carbocycles. The number of sulfone groups is 1. The second-order valence-corrected chi connectivity index (χ2v) is 9.12. The van der Waals surface area contributed by atoms with E-state index in [1.54, 1.807) is 38.5 Å². The number of hydrogen-bond acceptors (Lipinski definition) is 5. The summed E-state index contributed by atoms with van der Waals surface area (Å²) in [5.74, 6) is 1.58. The van der Waals surface area contributed by atoms with Gasteiger partial charge in [0.25, 0.3) is 0 Å². The molecule has 2 aromatic carbocycles. The summed E-state index contributed by atoms with van der Waals surface area (Å²) in [5.41, 5.74) is 1.07. The van der Waals surface area contributed by atoms with E-state index in [2.05, 4.69) is 4.90 Å². The summed E-state index contributed by atoms with van der Waals surface area (Å²) in [5, 5.41) is 0.528. The third-order valence-electron chi connectivity index (χ3n) is 4.98. The topological polar surface area (TPSA) is 55.8 Å². The van der Waals surface area contributed by atoms with Crippen molar-refractivity contribution in [1.82, 2.24) is 4.90 Å². The molecule has 0 saturated carbocycles. The summed E-state index contributed by atoms with van der Waals surface area (Å²) in [6.45, 7) is 1.35. The van der Waals surface area contributed by atoms with Gasteiger partial charge in [0, 0.05) is 29.2 Å². The van der Waals surface area contributed by atoms with Crippen LogP contribution in [0.3, 0.4) is 0 Å². The van der Waals surface area contributed by atoms with E-state index in [0.29, 0.717) is 16.5 Å². The van der Waals surface area contributed by atoms with E-state index in [4.69, 9.17) is 21.1 Å². The molecule has 0 spiro atoms. The van der Waals surface area contributed by atoms with E-state index in [1.165, 1.54) is 0 Å². The lowest BCUT2D eigenvalue weighted by atomic mass is 10.0. The summed E-state index contributed by atoms with van der Waals surface area (Å²) < 4.78 is 36.1. The maximum absolute atomic E-state index is 12.6. The summed E-state index contributed by atoms with van der Waals surface area (Å²) in [6, 6.07) is 12.3. The van der Waals surface area contributed by atoms with E-state index in [1.807, 2.05) is 18.2 Å². The Kier molecular flexibility index (Phi) is 6.29. The number of nitrogens with zero attached hydrogens (tertiary/aromatic N) is 1. The minimum absolute atomic E-state index is 0.0730. The molecular formula is C20H24ClNO4S. The molecule has 1 aliphatic heterocycles. The molecule has 1 atom stereocenters. The molecule has 2 aromatic rings. The van der Waals surface area contributed by atoms with E-state index < -0.39 is 9.84 Å². The van der Waals surface area contributed by atoms with Crippen molar-refractivity contribution in [3.8, 4) is 11.5 Å². The molecule has 5 nitrogen and oxygen atoms in total. The minimum atomic E-state index is -3.35. The Labute approximate surface area is 165 Å². The molecule has 0 aromatic heterocycles. The van der Waals surface area contributed by atoms with Crippen LogP contribution in [0.5, 0.6) is 11.5 Å². The molecule has 1 heterocycles. The van der Waals surface area contributed by atoms with Gasteiger partial charge in [0.2, 0.25) is 0 Å². The average molecular weight is 410 g/mol. The fraction of sp³-hybridized carbons (Fsp3) is 0.400. The summed E-state index contributed by atoms with van der Waals surface area (Å²) in [4.78, 5) is 2.53. The first-order valence-electron chi connectivity index (χ1n) is 8.89. The van der Waals surface area contributed by atoms with Gasteiger partial charge in [-0.1, -0.05) is 17.7 Å². The Morgan fingerprint density at radius 3 is 2.52 bits per heavy atom. The van der Waals surface area contributed by atoms with Gasteiger partial charge in [-0.05, 0) is 49.7 Å². The number of halogens is 1. The first-order valence-corrected chi connectivity index (χ1v) is 10.9. The number of benzene rings is 2. The normalized spacial score (nSPS) is 17.8. The van der Waals surface area contributed by atoms with E-state index in [9.17, 15) is 8.42 Å². The third kappa shape index (κ3) is 4.57. The molecule has 1 fully saturated rings. The Hall–Kier alpha value is -1.76. The van der Waals surface area contributed by atoms with Crippen LogP contribution in [0.25, 0.3) is 0 Å². The van der Waals surface area contributed by atoms with Gasteiger partial charge < -0.3 is 9.47 Å². The lowest BCUT2D eigenvalue weighted by Gasteiger charge is -2.26. The maximum Gasteiger partial charge on any atom is 0.179 e. The summed E-state index contributed by atoms with van der Waals surface area (Å²) in [6.07, 6.45) is 2.00. The second kappa shape index (κ2) is 8.50. The van der Waals surface area contributed by atoms with Crippen molar-refractivity contribution in [1.29, 1.82) is 0 Å². The Morgan fingerprint density at radius 2 is 1.85 bits per heavy atom. The highest BCUT2D eigenvalue weighted by molar-refractivity contribution is 7.91. The van der Waals surface area contributed by atoms with Gasteiger partial charge >= 0.3 is 0 Å². The van der Waals surface area contributed by atoms with E-state index >= 15 is 0 Å². The third-order valence-corrected chi connectivity index (χ3v) is 6.95. The predicted octanol–water partition coefficient (Wildman–Crippen LogP) is 3.97. The molecule has 0 bridgehead atoms. The Balaban J connectivity index is 1.74. The van der Waals surface area contributed by atoms with Gasteiger partial charge in [0.15, 0.2) is 9.84 Å². The van der Waals surface area contributed by atoms with Crippen LogP contribution in [-0.2, 0) is 9.84 Å². The SMILES string of the molecule is COc1ccc([C@@H]2CCCN2CCS(=O)(=O)c2ccc(Cl)cc2)c(OC)c1. The number of likely N-dealkylation sites (tertiary alicyclic amines) is 1. The largest absolute Gasteiger partial charge is 0.497 e. The standard InChI is InChI=1S/C20H24ClNO4S/c1-25-16-7-10-18(20(14-16)26-2)19-4-3-11-22(19)12-13-27(23,24)17-8-5-15(21)6-9-17/h5-10,14,19H,3-4,11-13H2,1-2H3/t19-/m0/s1. The van der Waals surface area contributed by atoms with E-state index in [0.717, 1.165) is 36.4 Å². The molecule has 0 radical (unpaired) electrons.